The lowest BCUT2D eigenvalue weighted by atomic mass is 9.95. The van der Waals surface area contributed by atoms with Gasteiger partial charge in [0.25, 0.3) is 0 Å². The minimum absolute atomic E-state index is 0.126. The summed E-state index contributed by atoms with van der Waals surface area (Å²) in [4.78, 5) is 16.5. The Labute approximate surface area is 127 Å². The SMILES string of the molecule is CN(Cc1ccc(N(C)C)cc1)C(=O)C1CCCC1CN. The maximum absolute atomic E-state index is 12.6. The maximum atomic E-state index is 12.6. The number of carbonyl (C=O) groups excluding carboxylic acids is 1. The van der Waals surface area contributed by atoms with E-state index < -0.39 is 0 Å². The fraction of sp³-hybridized carbons (Fsp3) is 0.588. The Kier molecular flexibility index (Phi) is 5.23. The number of carbonyl (C=O) groups is 1. The molecule has 0 aliphatic heterocycles. The molecule has 2 rings (SSSR count). The zero-order valence-corrected chi connectivity index (χ0v) is 13.4. The van der Waals surface area contributed by atoms with Gasteiger partial charge in [0, 0.05) is 39.3 Å². The van der Waals surface area contributed by atoms with Crippen LogP contribution in [-0.4, -0.2) is 38.5 Å². The van der Waals surface area contributed by atoms with Gasteiger partial charge in [-0.25, -0.2) is 0 Å². The molecule has 1 aliphatic rings. The van der Waals surface area contributed by atoms with Crippen LogP contribution in [0, 0.1) is 11.8 Å². The first-order chi connectivity index (χ1) is 10.0. The van der Waals surface area contributed by atoms with Crippen LogP contribution in [0.2, 0.25) is 0 Å². The van der Waals surface area contributed by atoms with E-state index in [1.54, 1.807) is 0 Å². The highest BCUT2D eigenvalue weighted by Crippen LogP contribution is 2.32. The number of nitrogens with two attached hydrogens (primary N) is 1. The number of hydrogen-bond acceptors (Lipinski definition) is 3. The summed E-state index contributed by atoms with van der Waals surface area (Å²) in [5, 5.41) is 0. The Hall–Kier alpha value is -1.55. The molecule has 2 atom stereocenters. The third kappa shape index (κ3) is 3.76. The van der Waals surface area contributed by atoms with E-state index in [1.807, 2.05) is 26.0 Å². The second kappa shape index (κ2) is 6.94. The lowest BCUT2D eigenvalue weighted by Crippen LogP contribution is -2.36. The average Bonchev–Trinajstić information content (AvgIpc) is 2.95. The molecular formula is C17H27N3O. The molecule has 4 nitrogen and oxygen atoms in total. The van der Waals surface area contributed by atoms with Crippen LogP contribution in [0.15, 0.2) is 24.3 Å². The van der Waals surface area contributed by atoms with Gasteiger partial charge in [0.05, 0.1) is 0 Å². The highest BCUT2D eigenvalue weighted by atomic mass is 16.2. The van der Waals surface area contributed by atoms with Crippen LogP contribution >= 0.6 is 0 Å². The molecule has 2 N–H and O–H groups in total. The molecule has 0 radical (unpaired) electrons. The van der Waals surface area contributed by atoms with Crippen LogP contribution in [0.1, 0.15) is 24.8 Å². The Balaban J connectivity index is 1.97. The van der Waals surface area contributed by atoms with E-state index in [9.17, 15) is 4.79 Å². The molecule has 2 unspecified atom stereocenters. The van der Waals surface area contributed by atoms with E-state index in [2.05, 4.69) is 29.2 Å². The minimum Gasteiger partial charge on any atom is -0.378 e. The predicted molar refractivity (Wildman–Crippen MR) is 87.1 cm³/mol. The van der Waals surface area contributed by atoms with Crippen molar-refractivity contribution in [1.29, 1.82) is 0 Å². The molecule has 1 saturated carbocycles. The summed E-state index contributed by atoms with van der Waals surface area (Å²) < 4.78 is 0. The fourth-order valence-corrected chi connectivity index (χ4v) is 3.18. The van der Waals surface area contributed by atoms with Crippen molar-refractivity contribution in [3.63, 3.8) is 0 Å². The van der Waals surface area contributed by atoms with Crippen molar-refractivity contribution in [2.24, 2.45) is 17.6 Å². The van der Waals surface area contributed by atoms with Gasteiger partial charge in [-0.1, -0.05) is 18.6 Å². The molecule has 1 amide bonds. The summed E-state index contributed by atoms with van der Waals surface area (Å²) in [5.74, 6) is 0.747. The van der Waals surface area contributed by atoms with E-state index >= 15 is 0 Å². The summed E-state index contributed by atoms with van der Waals surface area (Å²) in [6.45, 7) is 1.29. The smallest absolute Gasteiger partial charge is 0.226 e. The molecule has 1 aromatic rings. The maximum Gasteiger partial charge on any atom is 0.226 e. The van der Waals surface area contributed by atoms with Crippen molar-refractivity contribution >= 4 is 11.6 Å². The fourth-order valence-electron chi connectivity index (χ4n) is 3.18. The van der Waals surface area contributed by atoms with E-state index in [0.29, 0.717) is 19.0 Å². The van der Waals surface area contributed by atoms with Gasteiger partial charge in [-0.05, 0) is 43.0 Å². The van der Waals surface area contributed by atoms with Crippen LogP contribution < -0.4 is 10.6 Å². The number of benzene rings is 1. The molecule has 1 fully saturated rings. The van der Waals surface area contributed by atoms with Crippen molar-refractivity contribution in [3.8, 4) is 0 Å². The second-order valence-corrected chi connectivity index (χ2v) is 6.29. The van der Waals surface area contributed by atoms with E-state index in [1.165, 1.54) is 11.3 Å². The quantitative estimate of drug-likeness (QED) is 0.903. The summed E-state index contributed by atoms with van der Waals surface area (Å²) in [6.07, 6.45) is 3.21. The minimum atomic E-state index is 0.126. The zero-order chi connectivity index (χ0) is 15.4. The summed E-state index contributed by atoms with van der Waals surface area (Å²) in [6, 6.07) is 8.36. The lowest BCUT2D eigenvalue weighted by Gasteiger charge is -2.25. The van der Waals surface area contributed by atoms with Gasteiger partial charge in [0.1, 0.15) is 0 Å². The molecule has 4 heteroatoms. The lowest BCUT2D eigenvalue weighted by molar-refractivity contribution is -0.135. The molecule has 0 saturated heterocycles. The molecule has 0 bridgehead atoms. The Morgan fingerprint density at radius 1 is 1.19 bits per heavy atom. The topological polar surface area (TPSA) is 49.6 Å². The zero-order valence-electron chi connectivity index (χ0n) is 13.4. The van der Waals surface area contributed by atoms with Crippen LogP contribution in [0.4, 0.5) is 5.69 Å². The van der Waals surface area contributed by atoms with Gasteiger partial charge in [-0.3, -0.25) is 4.79 Å². The van der Waals surface area contributed by atoms with Crippen LogP contribution in [0.5, 0.6) is 0 Å². The highest BCUT2D eigenvalue weighted by Gasteiger charge is 2.33. The van der Waals surface area contributed by atoms with E-state index in [-0.39, 0.29) is 11.8 Å². The van der Waals surface area contributed by atoms with Crippen molar-refractivity contribution < 1.29 is 4.79 Å². The van der Waals surface area contributed by atoms with E-state index in [4.69, 9.17) is 5.73 Å². The molecule has 1 aromatic carbocycles. The second-order valence-electron chi connectivity index (χ2n) is 6.29. The van der Waals surface area contributed by atoms with Gasteiger partial charge in [-0.15, -0.1) is 0 Å². The number of hydrogen-bond donors (Lipinski definition) is 1. The third-order valence-corrected chi connectivity index (χ3v) is 4.53. The Morgan fingerprint density at radius 3 is 2.43 bits per heavy atom. The first kappa shape index (κ1) is 15.8. The van der Waals surface area contributed by atoms with Gasteiger partial charge in [0.15, 0.2) is 0 Å². The standard InChI is InChI=1S/C17H27N3O/c1-19(2)15-9-7-13(8-10-15)12-20(3)17(21)16-6-4-5-14(16)11-18/h7-10,14,16H,4-6,11-12,18H2,1-3H3. The van der Waals surface area contributed by atoms with Gasteiger partial charge >= 0.3 is 0 Å². The van der Waals surface area contributed by atoms with Crippen LogP contribution in [-0.2, 0) is 11.3 Å². The number of amides is 1. The van der Waals surface area contributed by atoms with Gasteiger partial charge in [0.2, 0.25) is 5.91 Å². The van der Waals surface area contributed by atoms with Crippen LogP contribution in [0.3, 0.4) is 0 Å². The number of rotatable bonds is 5. The van der Waals surface area contributed by atoms with Crippen molar-refractivity contribution in [2.75, 3.05) is 32.6 Å². The summed E-state index contributed by atoms with van der Waals surface area (Å²) in [7, 11) is 5.95. The van der Waals surface area contributed by atoms with Gasteiger partial charge in [-0.2, -0.15) is 0 Å². The van der Waals surface area contributed by atoms with E-state index in [0.717, 1.165) is 19.3 Å². The number of nitrogens with zero attached hydrogens (tertiary/aromatic N) is 2. The first-order valence-corrected chi connectivity index (χ1v) is 7.74. The largest absolute Gasteiger partial charge is 0.378 e. The van der Waals surface area contributed by atoms with Crippen molar-refractivity contribution in [1.82, 2.24) is 4.90 Å². The number of anilines is 1. The predicted octanol–water partition coefficient (Wildman–Crippen LogP) is 2.09. The highest BCUT2D eigenvalue weighted by molar-refractivity contribution is 5.79. The molecule has 116 valence electrons. The monoisotopic (exact) mass is 289 g/mol. The Bertz CT molecular complexity index is 469. The average molecular weight is 289 g/mol. The third-order valence-electron chi connectivity index (χ3n) is 4.53. The Morgan fingerprint density at radius 2 is 1.86 bits per heavy atom. The van der Waals surface area contributed by atoms with Crippen molar-refractivity contribution in [3.05, 3.63) is 29.8 Å². The first-order valence-electron chi connectivity index (χ1n) is 7.74. The molecule has 1 aliphatic carbocycles. The molecular weight excluding hydrogens is 262 g/mol. The molecule has 0 heterocycles. The van der Waals surface area contributed by atoms with Crippen LogP contribution in [0.25, 0.3) is 0 Å². The van der Waals surface area contributed by atoms with Gasteiger partial charge < -0.3 is 15.5 Å². The molecule has 21 heavy (non-hydrogen) atoms. The normalized spacial score (nSPS) is 21.3. The summed E-state index contributed by atoms with van der Waals surface area (Å²) >= 11 is 0. The van der Waals surface area contributed by atoms with Crippen molar-refractivity contribution in [2.45, 2.75) is 25.8 Å². The molecule has 0 spiro atoms. The molecule has 0 aromatic heterocycles. The summed E-state index contributed by atoms with van der Waals surface area (Å²) in [5.41, 5.74) is 8.12.